The van der Waals surface area contributed by atoms with Gasteiger partial charge in [0.15, 0.2) is 0 Å². The fourth-order valence-electron chi connectivity index (χ4n) is 2.38. The first-order valence-electron chi connectivity index (χ1n) is 5.68. The average molecular weight is 204 g/mol. The summed E-state index contributed by atoms with van der Waals surface area (Å²) < 4.78 is 0. The van der Waals surface area contributed by atoms with Crippen LogP contribution in [0.15, 0.2) is 30.3 Å². The van der Waals surface area contributed by atoms with E-state index in [1.165, 1.54) is 12.1 Å². The molecule has 0 saturated carbocycles. The Morgan fingerprint density at radius 3 is 2.40 bits per heavy atom. The number of benzene rings is 1. The van der Waals surface area contributed by atoms with Crippen molar-refractivity contribution in [3.8, 4) is 0 Å². The van der Waals surface area contributed by atoms with Crippen LogP contribution in [0.2, 0.25) is 0 Å². The molecule has 1 heterocycles. The second-order valence-electron chi connectivity index (χ2n) is 4.58. The second-order valence-corrected chi connectivity index (χ2v) is 4.58. The topological polar surface area (TPSA) is 6.48 Å². The van der Waals surface area contributed by atoms with Crippen molar-refractivity contribution in [1.29, 1.82) is 0 Å². The first-order chi connectivity index (χ1) is 7.18. The van der Waals surface area contributed by atoms with Crippen molar-refractivity contribution in [3.05, 3.63) is 35.9 Å². The highest BCUT2D eigenvalue weighted by Gasteiger charge is 2.31. The van der Waals surface area contributed by atoms with Crippen LogP contribution < -0.4 is 0 Å². The third kappa shape index (κ3) is 2.21. The molecular weight excluding hydrogens is 184 g/mol. The Morgan fingerprint density at radius 1 is 1.20 bits per heavy atom. The Hall–Kier alpha value is -0.860. The molecule has 2 heteroatoms. The molecule has 0 aromatic heterocycles. The maximum Gasteiger partial charge on any atom is 0.0597 e. The lowest BCUT2D eigenvalue weighted by Crippen LogP contribution is -2.35. The Balaban J connectivity index is 2.06. The maximum atomic E-state index is 2.55. The van der Waals surface area contributed by atoms with Gasteiger partial charge < -0.3 is 0 Å². The lowest BCUT2D eigenvalue weighted by Gasteiger charge is -2.26. The SMILES string of the molecule is CC1CN(C)C(C)N1Cc1ccccc1. The van der Waals surface area contributed by atoms with E-state index >= 15 is 0 Å². The van der Waals surface area contributed by atoms with Crippen LogP contribution in [-0.2, 0) is 6.54 Å². The lowest BCUT2D eigenvalue weighted by molar-refractivity contribution is 0.150. The quantitative estimate of drug-likeness (QED) is 0.728. The molecule has 2 atom stereocenters. The van der Waals surface area contributed by atoms with E-state index in [9.17, 15) is 0 Å². The molecule has 82 valence electrons. The summed E-state index contributed by atoms with van der Waals surface area (Å²) in [5, 5.41) is 0. The fraction of sp³-hybridized carbons (Fsp3) is 0.538. The summed E-state index contributed by atoms with van der Waals surface area (Å²) in [4.78, 5) is 4.96. The van der Waals surface area contributed by atoms with E-state index in [1.807, 2.05) is 0 Å². The summed E-state index contributed by atoms with van der Waals surface area (Å²) in [6, 6.07) is 11.4. The van der Waals surface area contributed by atoms with E-state index in [0.29, 0.717) is 12.2 Å². The first-order valence-corrected chi connectivity index (χ1v) is 5.68. The van der Waals surface area contributed by atoms with E-state index in [2.05, 4.69) is 61.0 Å². The zero-order valence-electron chi connectivity index (χ0n) is 9.85. The molecule has 0 aliphatic carbocycles. The molecule has 1 aliphatic heterocycles. The monoisotopic (exact) mass is 204 g/mol. The smallest absolute Gasteiger partial charge is 0.0597 e. The molecule has 0 radical (unpaired) electrons. The zero-order chi connectivity index (χ0) is 10.8. The van der Waals surface area contributed by atoms with Crippen molar-refractivity contribution in [2.45, 2.75) is 32.6 Å². The molecule has 0 amide bonds. The molecular formula is C13H20N2. The lowest BCUT2D eigenvalue weighted by atomic mass is 10.2. The molecule has 2 rings (SSSR count). The van der Waals surface area contributed by atoms with Gasteiger partial charge in [0.05, 0.1) is 6.17 Å². The molecule has 15 heavy (non-hydrogen) atoms. The molecule has 0 spiro atoms. The fourth-order valence-corrected chi connectivity index (χ4v) is 2.38. The first kappa shape index (κ1) is 10.7. The van der Waals surface area contributed by atoms with Crippen LogP contribution in [0.25, 0.3) is 0 Å². The molecule has 1 saturated heterocycles. The molecule has 0 N–H and O–H groups in total. The van der Waals surface area contributed by atoms with Gasteiger partial charge in [-0.1, -0.05) is 30.3 Å². The summed E-state index contributed by atoms with van der Waals surface area (Å²) in [6.07, 6.45) is 0.556. The Kier molecular flexibility index (Phi) is 3.08. The van der Waals surface area contributed by atoms with Crippen molar-refractivity contribution in [3.63, 3.8) is 0 Å². The van der Waals surface area contributed by atoms with Crippen molar-refractivity contribution < 1.29 is 0 Å². The van der Waals surface area contributed by atoms with Crippen LogP contribution in [0.1, 0.15) is 19.4 Å². The minimum Gasteiger partial charge on any atom is -0.290 e. The van der Waals surface area contributed by atoms with Crippen LogP contribution >= 0.6 is 0 Å². The number of hydrogen-bond donors (Lipinski definition) is 0. The van der Waals surface area contributed by atoms with Gasteiger partial charge in [0.2, 0.25) is 0 Å². The number of rotatable bonds is 2. The van der Waals surface area contributed by atoms with Crippen LogP contribution in [0.5, 0.6) is 0 Å². The summed E-state index contributed by atoms with van der Waals surface area (Å²) in [6.45, 7) is 6.83. The zero-order valence-corrected chi connectivity index (χ0v) is 9.85. The largest absolute Gasteiger partial charge is 0.290 e. The van der Waals surface area contributed by atoms with Gasteiger partial charge in [-0.15, -0.1) is 0 Å². The Morgan fingerprint density at radius 2 is 1.87 bits per heavy atom. The Labute approximate surface area is 92.5 Å². The van der Waals surface area contributed by atoms with Gasteiger partial charge >= 0.3 is 0 Å². The highest BCUT2D eigenvalue weighted by Crippen LogP contribution is 2.20. The van der Waals surface area contributed by atoms with Crippen molar-refractivity contribution >= 4 is 0 Å². The van der Waals surface area contributed by atoms with E-state index in [4.69, 9.17) is 0 Å². The number of likely N-dealkylation sites (N-methyl/N-ethyl adjacent to an activating group) is 1. The van der Waals surface area contributed by atoms with Crippen LogP contribution in [0.4, 0.5) is 0 Å². The summed E-state index contributed by atoms with van der Waals surface area (Å²) in [7, 11) is 2.20. The molecule has 1 fully saturated rings. The molecule has 1 aromatic carbocycles. The average Bonchev–Trinajstić information content (AvgIpc) is 2.47. The summed E-state index contributed by atoms with van der Waals surface area (Å²) >= 11 is 0. The second kappa shape index (κ2) is 4.33. The molecule has 1 aromatic rings. The van der Waals surface area contributed by atoms with E-state index in [1.54, 1.807) is 0 Å². The van der Waals surface area contributed by atoms with Crippen LogP contribution in [-0.4, -0.2) is 35.6 Å². The van der Waals surface area contributed by atoms with Gasteiger partial charge in [0.25, 0.3) is 0 Å². The Bertz CT molecular complexity index is 310. The van der Waals surface area contributed by atoms with Gasteiger partial charge in [-0.3, -0.25) is 9.80 Å². The maximum absolute atomic E-state index is 2.55. The standard InChI is InChI=1S/C13H20N2/c1-11-9-14(3)12(2)15(11)10-13-7-5-4-6-8-13/h4-8,11-12H,9-10H2,1-3H3. The van der Waals surface area contributed by atoms with Crippen LogP contribution in [0, 0.1) is 0 Å². The van der Waals surface area contributed by atoms with Gasteiger partial charge in [0, 0.05) is 19.1 Å². The number of hydrogen-bond acceptors (Lipinski definition) is 2. The minimum absolute atomic E-state index is 0.556. The summed E-state index contributed by atoms with van der Waals surface area (Å²) in [5.74, 6) is 0. The van der Waals surface area contributed by atoms with E-state index in [-0.39, 0.29) is 0 Å². The summed E-state index contributed by atoms with van der Waals surface area (Å²) in [5.41, 5.74) is 1.41. The van der Waals surface area contributed by atoms with Crippen LogP contribution in [0.3, 0.4) is 0 Å². The third-order valence-corrected chi connectivity index (χ3v) is 3.44. The highest BCUT2D eigenvalue weighted by molar-refractivity contribution is 5.15. The van der Waals surface area contributed by atoms with Crippen molar-refractivity contribution in [2.75, 3.05) is 13.6 Å². The molecule has 2 unspecified atom stereocenters. The van der Waals surface area contributed by atoms with E-state index < -0.39 is 0 Å². The predicted octanol–water partition coefficient (Wildman–Crippen LogP) is 2.17. The van der Waals surface area contributed by atoms with Gasteiger partial charge in [-0.05, 0) is 26.5 Å². The minimum atomic E-state index is 0.556. The van der Waals surface area contributed by atoms with Crippen molar-refractivity contribution in [2.24, 2.45) is 0 Å². The highest BCUT2D eigenvalue weighted by atomic mass is 15.4. The normalized spacial score (nSPS) is 28.5. The third-order valence-electron chi connectivity index (χ3n) is 3.44. The van der Waals surface area contributed by atoms with Gasteiger partial charge in [-0.2, -0.15) is 0 Å². The molecule has 2 nitrogen and oxygen atoms in total. The molecule has 0 bridgehead atoms. The van der Waals surface area contributed by atoms with Gasteiger partial charge in [-0.25, -0.2) is 0 Å². The number of nitrogens with zero attached hydrogens (tertiary/aromatic N) is 2. The van der Waals surface area contributed by atoms with Gasteiger partial charge in [0.1, 0.15) is 0 Å². The van der Waals surface area contributed by atoms with Crippen molar-refractivity contribution in [1.82, 2.24) is 9.80 Å². The molecule has 1 aliphatic rings. The predicted molar refractivity (Wildman–Crippen MR) is 63.5 cm³/mol. The van der Waals surface area contributed by atoms with E-state index in [0.717, 1.165) is 6.54 Å².